The van der Waals surface area contributed by atoms with Crippen LogP contribution in [0.5, 0.6) is 0 Å². The Labute approximate surface area is 126 Å². The molecule has 0 spiro atoms. The number of hydrogen-bond acceptors (Lipinski definition) is 5. The second-order valence-corrected chi connectivity index (χ2v) is 4.63. The van der Waals surface area contributed by atoms with E-state index in [1.165, 1.54) is 12.2 Å². The highest BCUT2D eigenvalue weighted by atomic mass is 16.6. The van der Waals surface area contributed by atoms with Crippen molar-refractivity contribution in [3.8, 4) is 0 Å². The van der Waals surface area contributed by atoms with E-state index in [9.17, 15) is 9.59 Å². The highest BCUT2D eigenvalue weighted by Gasteiger charge is 2.36. The van der Waals surface area contributed by atoms with Crippen LogP contribution in [-0.4, -0.2) is 36.9 Å². The van der Waals surface area contributed by atoms with Gasteiger partial charge >= 0.3 is 12.1 Å². The maximum atomic E-state index is 12.3. The number of carbonyl (C=O) groups is 2. The maximum absolute atomic E-state index is 12.3. The highest BCUT2D eigenvalue weighted by Crippen LogP contribution is 2.13. The van der Waals surface area contributed by atoms with Crippen molar-refractivity contribution in [3.63, 3.8) is 0 Å². The van der Waals surface area contributed by atoms with Gasteiger partial charge in [0.1, 0.15) is 0 Å². The molecule has 0 aromatic heterocycles. The molecule has 0 bridgehead atoms. The zero-order valence-corrected chi connectivity index (χ0v) is 13.1. The van der Waals surface area contributed by atoms with Crippen LogP contribution < -0.4 is 11.1 Å². The standard InChI is InChI=1S/C15H26N2O4/c1-5-8-11-21-13(18)15(6-2,10-9-12(4)16)17-14(19)20-7-3/h6,9-10,12H,2,5,7-8,11,16H2,1,3-4H3,(H,17,19). The van der Waals surface area contributed by atoms with E-state index in [0.29, 0.717) is 0 Å². The number of hydrogen-bond donors (Lipinski definition) is 2. The molecular weight excluding hydrogens is 272 g/mol. The van der Waals surface area contributed by atoms with Crippen molar-refractivity contribution in [2.24, 2.45) is 5.73 Å². The van der Waals surface area contributed by atoms with E-state index >= 15 is 0 Å². The molecule has 0 aromatic carbocycles. The molecule has 120 valence electrons. The van der Waals surface area contributed by atoms with Gasteiger partial charge in [-0.25, -0.2) is 9.59 Å². The van der Waals surface area contributed by atoms with Crippen LogP contribution in [0.2, 0.25) is 0 Å². The smallest absolute Gasteiger partial charge is 0.408 e. The van der Waals surface area contributed by atoms with Crippen molar-refractivity contribution < 1.29 is 19.1 Å². The maximum Gasteiger partial charge on any atom is 0.408 e. The van der Waals surface area contributed by atoms with Crippen molar-refractivity contribution in [1.29, 1.82) is 0 Å². The van der Waals surface area contributed by atoms with E-state index in [1.54, 1.807) is 19.9 Å². The van der Waals surface area contributed by atoms with E-state index in [4.69, 9.17) is 15.2 Å². The number of ether oxygens (including phenoxy) is 2. The van der Waals surface area contributed by atoms with E-state index in [0.717, 1.165) is 12.8 Å². The van der Waals surface area contributed by atoms with Gasteiger partial charge < -0.3 is 15.2 Å². The van der Waals surface area contributed by atoms with Crippen LogP contribution in [0.4, 0.5) is 4.79 Å². The second-order valence-electron chi connectivity index (χ2n) is 4.63. The van der Waals surface area contributed by atoms with E-state index in [-0.39, 0.29) is 19.3 Å². The SMILES string of the molecule is C=CC(C=CC(C)N)(NC(=O)OCC)C(=O)OCCCC. The summed E-state index contributed by atoms with van der Waals surface area (Å²) in [5.41, 5.74) is 4.17. The fourth-order valence-electron chi connectivity index (χ4n) is 1.43. The van der Waals surface area contributed by atoms with Gasteiger partial charge in [-0.15, -0.1) is 0 Å². The summed E-state index contributed by atoms with van der Waals surface area (Å²) in [6.07, 6.45) is 5.28. The number of alkyl carbamates (subject to hydrolysis) is 1. The first kappa shape index (κ1) is 19.2. The van der Waals surface area contributed by atoms with Gasteiger partial charge in [0.05, 0.1) is 13.2 Å². The molecule has 0 saturated heterocycles. The monoisotopic (exact) mass is 298 g/mol. The lowest BCUT2D eigenvalue weighted by molar-refractivity contribution is -0.147. The van der Waals surface area contributed by atoms with Gasteiger partial charge in [0.25, 0.3) is 0 Å². The third-order valence-electron chi connectivity index (χ3n) is 2.64. The van der Waals surface area contributed by atoms with Crippen LogP contribution in [0.1, 0.15) is 33.6 Å². The van der Waals surface area contributed by atoms with E-state index < -0.39 is 17.6 Å². The van der Waals surface area contributed by atoms with Gasteiger partial charge in [-0.1, -0.05) is 32.1 Å². The number of esters is 1. The second kappa shape index (κ2) is 9.99. The predicted molar refractivity (Wildman–Crippen MR) is 81.7 cm³/mol. The third kappa shape index (κ3) is 6.94. The summed E-state index contributed by atoms with van der Waals surface area (Å²) in [5, 5.41) is 2.47. The lowest BCUT2D eigenvalue weighted by Gasteiger charge is -2.26. The predicted octanol–water partition coefficient (Wildman–Crippen LogP) is 1.90. The Hall–Kier alpha value is -1.82. The van der Waals surface area contributed by atoms with Crippen LogP contribution in [0.25, 0.3) is 0 Å². The number of amides is 1. The molecule has 0 aliphatic rings. The minimum absolute atomic E-state index is 0.195. The van der Waals surface area contributed by atoms with Gasteiger partial charge in [-0.2, -0.15) is 0 Å². The first-order valence-electron chi connectivity index (χ1n) is 7.12. The molecule has 0 fully saturated rings. The minimum atomic E-state index is -1.48. The molecule has 0 heterocycles. The van der Waals surface area contributed by atoms with E-state index in [2.05, 4.69) is 11.9 Å². The molecule has 0 rings (SSSR count). The summed E-state index contributed by atoms with van der Waals surface area (Å²) in [6, 6.07) is -0.281. The fraction of sp³-hybridized carbons (Fsp3) is 0.600. The molecule has 0 saturated carbocycles. The largest absolute Gasteiger partial charge is 0.463 e. The Morgan fingerprint density at radius 2 is 2.05 bits per heavy atom. The number of rotatable bonds is 9. The first-order chi connectivity index (χ1) is 9.91. The summed E-state index contributed by atoms with van der Waals surface area (Å²) in [5.74, 6) is -0.615. The minimum Gasteiger partial charge on any atom is -0.463 e. The fourth-order valence-corrected chi connectivity index (χ4v) is 1.43. The van der Waals surface area contributed by atoms with Crippen LogP contribution in [-0.2, 0) is 14.3 Å². The summed E-state index contributed by atoms with van der Waals surface area (Å²) >= 11 is 0. The summed E-state index contributed by atoms with van der Waals surface area (Å²) in [7, 11) is 0. The molecule has 0 radical (unpaired) electrons. The van der Waals surface area contributed by atoms with Gasteiger partial charge in [0.2, 0.25) is 0 Å². The van der Waals surface area contributed by atoms with Crippen LogP contribution in [0, 0.1) is 0 Å². The van der Waals surface area contributed by atoms with Gasteiger partial charge in [-0.05, 0) is 26.3 Å². The molecule has 6 heteroatoms. The lowest BCUT2D eigenvalue weighted by atomic mass is 9.98. The van der Waals surface area contributed by atoms with Crippen LogP contribution in [0.15, 0.2) is 24.8 Å². The lowest BCUT2D eigenvalue weighted by Crippen LogP contribution is -2.53. The summed E-state index contributed by atoms with van der Waals surface area (Å²) < 4.78 is 9.99. The third-order valence-corrected chi connectivity index (χ3v) is 2.64. The topological polar surface area (TPSA) is 90.6 Å². The van der Waals surface area contributed by atoms with Crippen molar-refractivity contribution in [1.82, 2.24) is 5.32 Å². The molecule has 3 N–H and O–H groups in total. The van der Waals surface area contributed by atoms with Crippen molar-refractivity contribution >= 4 is 12.1 Å². The van der Waals surface area contributed by atoms with Gasteiger partial charge in [0.15, 0.2) is 5.54 Å². The molecule has 21 heavy (non-hydrogen) atoms. The number of nitrogens with two attached hydrogens (primary N) is 1. The molecule has 0 aliphatic heterocycles. The molecule has 2 atom stereocenters. The van der Waals surface area contributed by atoms with Crippen molar-refractivity contribution in [2.75, 3.05) is 13.2 Å². The Bertz CT molecular complexity index is 380. The van der Waals surface area contributed by atoms with Crippen molar-refractivity contribution in [2.45, 2.75) is 45.2 Å². The van der Waals surface area contributed by atoms with Gasteiger partial charge in [-0.3, -0.25) is 5.32 Å². The zero-order valence-electron chi connectivity index (χ0n) is 13.1. The summed E-state index contributed by atoms with van der Waals surface area (Å²) in [6.45, 7) is 9.49. The first-order valence-corrected chi connectivity index (χ1v) is 7.12. The zero-order chi connectivity index (χ0) is 16.3. The number of unbranched alkanes of at least 4 members (excludes halogenated alkanes) is 1. The van der Waals surface area contributed by atoms with Crippen LogP contribution in [0.3, 0.4) is 0 Å². The van der Waals surface area contributed by atoms with Gasteiger partial charge in [0, 0.05) is 6.04 Å². The highest BCUT2D eigenvalue weighted by molar-refractivity contribution is 5.90. The molecule has 1 amide bonds. The Balaban J connectivity index is 5.14. The summed E-state index contributed by atoms with van der Waals surface area (Å²) in [4.78, 5) is 23.9. The normalized spacial score (nSPS) is 15.0. The van der Waals surface area contributed by atoms with E-state index in [1.807, 2.05) is 6.92 Å². The quantitative estimate of drug-likeness (QED) is 0.385. The molecule has 0 aromatic rings. The average molecular weight is 298 g/mol. The molecule has 2 unspecified atom stereocenters. The average Bonchev–Trinajstić information content (AvgIpc) is 2.43. The Kier molecular flexibility index (Phi) is 9.12. The number of carbonyl (C=O) groups excluding carboxylic acids is 2. The molecular formula is C15H26N2O4. The number of nitrogens with one attached hydrogen (secondary N) is 1. The van der Waals surface area contributed by atoms with Crippen LogP contribution >= 0.6 is 0 Å². The Morgan fingerprint density at radius 1 is 1.38 bits per heavy atom. The molecule has 6 nitrogen and oxygen atoms in total. The van der Waals surface area contributed by atoms with Crippen molar-refractivity contribution in [3.05, 3.63) is 24.8 Å². The Morgan fingerprint density at radius 3 is 2.52 bits per heavy atom. The molecule has 0 aliphatic carbocycles.